The van der Waals surface area contributed by atoms with Crippen LogP contribution < -0.4 is 10.6 Å². The molecule has 0 aliphatic heterocycles. The zero-order chi connectivity index (χ0) is 38.3. The van der Waals surface area contributed by atoms with Gasteiger partial charge in [-0.15, -0.1) is 24.8 Å². The van der Waals surface area contributed by atoms with Crippen LogP contribution in [0.3, 0.4) is 0 Å². The molecule has 0 amide bonds. The molecule has 10 nitrogen and oxygen atoms in total. The summed E-state index contributed by atoms with van der Waals surface area (Å²) < 4.78 is 8.47. The van der Waals surface area contributed by atoms with Gasteiger partial charge in [0.25, 0.3) is 0 Å². The van der Waals surface area contributed by atoms with Gasteiger partial charge in [-0.05, 0) is 115 Å². The molecule has 6 heterocycles. The first-order chi connectivity index (χ1) is 25.9. The number of rotatable bonds is 8. The predicted octanol–water partition coefficient (Wildman–Crippen LogP) is 10.2. The number of aromatic nitrogens is 8. The Bertz CT molecular complexity index is 2600. The largest absolute Gasteiger partial charge is 0.378 e. The third-order valence-electron chi connectivity index (χ3n) is 10.7. The third-order valence-corrected chi connectivity index (χ3v) is 10.7. The van der Waals surface area contributed by atoms with E-state index < -0.39 is 0 Å². The van der Waals surface area contributed by atoms with E-state index in [1.54, 1.807) is 0 Å². The van der Waals surface area contributed by atoms with Crippen molar-refractivity contribution >= 4 is 47.5 Å². The maximum Gasteiger partial charge on any atom is 0.160 e. The number of hydrogen-bond donors (Lipinski definition) is 2. The minimum absolute atomic E-state index is 0. The van der Waals surface area contributed by atoms with E-state index in [9.17, 15) is 0 Å². The minimum atomic E-state index is 0. The third kappa shape index (κ3) is 8.17. The van der Waals surface area contributed by atoms with Crippen molar-refractivity contribution in [2.24, 2.45) is 0 Å². The topological polar surface area (TPSA) is 94.3 Å². The van der Waals surface area contributed by atoms with E-state index in [0.717, 1.165) is 81.3 Å². The molecule has 8 aromatic rings. The molecule has 0 atom stereocenters. The van der Waals surface area contributed by atoms with E-state index in [1.165, 1.54) is 33.4 Å². The molecule has 2 aromatic carbocycles. The molecule has 0 aliphatic rings. The van der Waals surface area contributed by atoms with E-state index in [4.69, 9.17) is 9.97 Å². The fourth-order valence-electron chi connectivity index (χ4n) is 7.06. The Kier molecular flexibility index (Phi) is 12.7. The molecule has 0 unspecified atom stereocenters. The van der Waals surface area contributed by atoms with Crippen LogP contribution in [-0.4, -0.2) is 37.9 Å². The Labute approximate surface area is 341 Å². The molecule has 0 saturated heterocycles. The van der Waals surface area contributed by atoms with Crippen LogP contribution in [0.4, 0.5) is 11.4 Å². The molecule has 0 fully saturated rings. The summed E-state index contributed by atoms with van der Waals surface area (Å²) in [6.07, 6.45) is 11.9. The zero-order valence-corrected chi connectivity index (χ0v) is 35.5. The molecule has 12 heteroatoms. The van der Waals surface area contributed by atoms with Crippen molar-refractivity contribution in [3.63, 3.8) is 0 Å². The van der Waals surface area contributed by atoms with Crippen molar-refractivity contribution in [1.82, 2.24) is 37.9 Å². The normalized spacial score (nSPS) is 10.9. The number of halogens is 2. The fraction of sp³-hybridized carbons (Fsp3) is 0.273. The lowest BCUT2D eigenvalue weighted by atomic mass is 10.0. The number of nitrogens with zero attached hydrogens (tertiary/aromatic N) is 8. The van der Waals surface area contributed by atoms with Crippen molar-refractivity contribution in [2.75, 3.05) is 10.6 Å². The van der Waals surface area contributed by atoms with Crippen LogP contribution in [0.15, 0.2) is 86.0 Å². The lowest BCUT2D eigenvalue weighted by molar-refractivity contribution is 0.969. The molecular formula is C44H52Cl2N10. The van der Waals surface area contributed by atoms with Crippen LogP contribution in [0, 0.1) is 69.2 Å². The molecule has 6 aromatic heterocycles. The summed E-state index contributed by atoms with van der Waals surface area (Å²) >= 11 is 0. The van der Waals surface area contributed by atoms with Crippen LogP contribution in [-0.2, 0) is 13.1 Å². The SMILES string of the molecule is Cc1cccc(C)c1CNc1cc(-n2cncc2C)cn2c(C)c(C)nc12.Cc1cn(-c2cc(NCc3c(C)cccc3C)c3nc(C)c(C)n3c2)cn1.Cl.Cl. The number of pyridine rings is 2. The smallest absolute Gasteiger partial charge is 0.160 e. The lowest BCUT2D eigenvalue weighted by Crippen LogP contribution is -2.07. The highest BCUT2D eigenvalue weighted by Gasteiger charge is 2.15. The van der Waals surface area contributed by atoms with Crippen LogP contribution in [0.5, 0.6) is 0 Å². The molecule has 56 heavy (non-hydrogen) atoms. The molecule has 2 N–H and O–H groups in total. The standard InChI is InChI=1S/2C22H25N5.2ClH/c1-14-7-6-8-15(2)20(14)10-23-21-9-19(26-11-16(3)24-13-26)12-27-18(5)17(4)25-22(21)27;1-14-7-6-8-15(2)20(14)11-24-21-9-19(27-13-23-10-16(27)3)12-26-18(5)17(4)25-22(21)26;;/h6-9,11-13,23H,10H2,1-5H3;6-10,12-13,24H,11H2,1-5H3;2*1H. The van der Waals surface area contributed by atoms with Crippen molar-refractivity contribution < 1.29 is 0 Å². The number of anilines is 2. The summed E-state index contributed by atoms with van der Waals surface area (Å²) in [5, 5.41) is 7.26. The second-order valence-corrected chi connectivity index (χ2v) is 14.5. The summed E-state index contributed by atoms with van der Waals surface area (Å²) in [6, 6.07) is 17.2. The van der Waals surface area contributed by atoms with Crippen molar-refractivity contribution in [3.8, 4) is 11.4 Å². The van der Waals surface area contributed by atoms with Crippen LogP contribution >= 0.6 is 24.8 Å². The molecular weight excluding hydrogens is 739 g/mol. The second kappa shape index (κ2) is 17.1. The van der Waals surface area contributed by atoms with Crippen LogP contribution in [0.1, 0.15) is 67.5 Å². The number of hydrogen-bond acceptors (Lipinski definition) is 6. The van der Waals surface area contributed by atoms with E-state index >= 15 is 0 Å². The molecule has 0 aliphatic carbocycles. The molecule has 292 valence electrons. The Hall–Kier alpha value is -5.58. The summed E-state index contributed by atoms with van der Waals surface area (Å²) in [5.74, 6) is 0. The number of benzene rings is 2. The zero-order valence-electron chi connectivity index (χ0n) is 33.9. The predicted molar refractivity (Wildman–Crippen MR) is 234 cm³/mol. The van der Waals surface area contributed by atoms with Crippen molar-refractivity contribution in [2.45, 2.75) is 82.3 Å². The Morgan fingerprint density at radius 2 is 1.04 bits per heavy atom. The van der Waals surface area contributed by atoms with Crippen LogP contribution in [0.2, 0.25) is 0 Å². The monoisotopic (exact) mass is 790 g/mol. The van der Waals surface area contributed by atoms with E-state index in [0.29, 0.717) is 0 Å². The van der Waals surface area contributed by atoms with Gasteiger partial charge in [-0.25, -0.2) is 19.9 Å². The minimum Gasteiger partial charge on any atom is -0.378 e. The Morgan fingerprint density at radius 3 is 1.46 bits per heavy atom. The van der Waals surface area contributed by atoms with Gasteiger partial charge in [0.2, 0.25) is 0 Å². The average Bonchev–Trinajstić information content (AvgIpc) is 3.91. The molecule has 0 saturated carbocycles. The van der Waals surface area contributed by atoms with E-state index in [2.05, 4.69) is 157 Å². The highest BCUT2D eigenvalue weighted by atomic mass is 35.5. The maximum atomic E-state index is 4.79. The average molecular weight is 792 g/mol. The highest BCUT2D eigenvalue weighted by Crippen LogP contribution is 2.27. The molecule has 0 bridgehead atoms. The van der Waals surface area contributed by atoms with Gasteiger partial charge in [-0.2, -0.15) is 0 Å². The summed E-state index contributed by atoms with van der Waals surface area (Å²) in [4.78, 5) is 18.2. The van der Waals surface area contributed by atoms with Crippen LogP contribution in [0.25, 0.3) is 22.7 Å². The Morgan fingerprint density at radius 1 is 0.571 bits per heavy atom. The Balaban J connectivity index is 0.000000207. The van der Waals surface area contributed by atoms with Gasteiger partial charge >= 0.3 is 0 Å². The lowest BCUT2D eigenvalue weighted by Gasteiger charge is -2.15. The summed E-state index contributed by atoms with van der Waals surface area (Å²) in [5.41, 5.74) is 20.5. The van der Waals surface area contributed by atoms with E-state index in [-0.39, 0.29) is 24.8 Å². The fourth-order valence-corrected chi connectivity index (χ4v) is 7.06. The molecule has 8 rings (SSSR count). The van der Waals surface area contributed by atoms with Gasteiger partial charge < -0.3 is 28.6 Å². The van der Waals surface area contributed by atoms with Crippen molar-refractivity contribution in [3.05, 3.63) is 154 Å². The summed E-state index contributed by atoms with van der Waals surface area (Å²) in [6.45, 7) is 22.6. The van der Waals surface area contributed by atoms with Gasteiger partial charge in [0.05, 0.1) is 52.5 Å². The maximum absolute atomic E-state index is 4.79. The second-order valence-electron chi connectivity index (χ2n) is 14.5. The molecule has 0 radical (unpaired) electrons. The first-order valence-electron chi connectivity index (χ1n) is 18.5. The number of aryl methyl sites for hydroxylation is 10. The van der Waals surface area contributed by atoms with Gasteiger partial charge in [-0.3, -0.25) is 0 Å². The molecule has 0 spiro atoms. The highest BCUT2D eigenvalue weighted by molar-refractivity contribution is 5.85. The van der Waals surface area contributed by atoms with Crippen molar-refractivity contribution in [1.29, 1.82) is 0 Å². The van der Waals surface area contributed by atoms with Gasteiger partial charge in [-0.1, -0.05) is 36.4 Å². The number of nitrogens with one attached hydrogen (secondary N) is 2. The van der Waals surface area contributed by atoms with Gasteiger partial charge in [0.15, 0.2) is 11.3 Å². The number of imidazole rings is 4. The summed E-state index contributed by atoms with van der Waals surface area (Å²) in [7, 11) is 0. The van der Waals surface area contributed by atoms with Gasteiger partial charge in [0, 0.05) is 55.0 Å². The first-order valence-corrected chi connectivity index (χ1v) is 18.5. The first kappa shape index (κ1) is 41.6. The van der Waals surface area contributed by atoms with Gasteiger partial charge in [0.1, 0.15) is 0 Å². The quantitative estimate of drug-likeness (QED) is 0.159. The van der Waals surface area contributed by atoms with E-state index in [1.807, 2.05) is 36.5 Å². The number of fused-ring (bicyclic) bond motifs is 2.